The smallest absolute Gasteiger partial charge is 0.161 e. The molecule has 0 spiro atoms. The maximum atomic E-state index is 10.2. The number of aliphatic hydroxyl groups excluding tert-OH is 1. The van der Waals surface area contributed by atoms with Crippen LogP contribution in [0.1, 0.15) is 32.3 Å². The summed E-state index contributed by atoms with van der Waals surface area (Å²) in [6, 6.07) is 6.98. The maximum Gasteiger partial charge on any atom is 0.161 e. The van der Waals surface area contributed by atoms with Crippen molar-refractivity contribution in [2.75, 3.05) is 47.6 Å². The third-order valence-corrected chi connectivity index (χ3v) is 5.29. The van der Waals surface area contributed by atoms with Gasteiger partial charge in [0.25, 0.3) is 0 Å². The minimum absolute atomic E-state index is 0.245. The van der Waals surface area contributed by atoms with Gasteiger partial charge in [-0.15, -0.1) is 0 Å². The molecule has 154 valence electrons. The Balaban J connectivity index is 1.91. The molecular formula is C21H36N2O4. The molecule has 0 aliphatic carbocycles. The molecule has 1 unspecified atom stereocenters. The van der Waals surface area contributed by atoms with Gasteiger partial charge in [0.05, 0.1) is 7.11 Å². The van der Waals surface area contributed by atoms with Crippen molar-refractivity contribution < 1.29 is 19.3 Å². The van der Waals surface area contributed by atoms with Crippen molar-refractivity contribution in [1.29, 1.82) is 0 Å². The molecule has 0 amide bonds. The van der Waals surface area contributed by atoms with Crippen LogP contribution in [0.4, 0.5) is 0 Å². The quantitative estimate of drug-likeness (QED) is 0.673. The number of likely N-dealkylation sites (N-methyl/N-ethyl adjacent to an activating group) is 1. The fourth-order valence-electron chi connectivity index (χ4n) is 3.25. The van der Waals surface area contributed by atoms with Crippen LogP contribution in [0.5, 0.6) is 11.5 Å². The fourth-order valence-corrected chi connectivity index (χ4v) is 3.25. The molecule has 6 nitrogen and oxygen atoms in total. The van der Waals surface area contributed by atoms with Crippen LogP contribution in [0.25, 0.3) is 0 Å². The number of nitrogens with zero attached hydrogens (tertiary/aromatic N) is 2. The molecule has 1 N–H and O–H groups in total. The molecule has 27 heavy (non-hydrogen) atoms. The second-order valence-electron chi connectivity index (χ2n) is 7.74. The zero-order valence-corrected chi connectivity index (χ0v) is 17.5. The highest BCUT2D eigenvalue weighted by Crippen LogP contribution is 2.29. The van der Waals surface area contributed by atoms with Gasteiger partial charge in [0.2, 0.25) is 0 Å². The highest BCUT2D eigenvalue weighted by molar-refractivity contribution is 5.43. The number of rotatable bonds is 10. The average molecular weight is 381 g/mol. The molecule has 1 aliphatic rings. The summed E-state index contributed by atoms with van der Waals surface area (Å²) in [6.45, 7) is 7.59. The normalized spacial score (nSPS) is 16.9. The number of hydrogen-bond donors (Lipinski definition) is 1. The maximum absolute atomic E-state index is 10.2. The summed E-state index contributed by atoms with van der Waals surface area (Å²) in [5.41, 5.74) is 1.19. The Hall–Kier alpha value is -1.34. The summed E-state index contributed by atoms with van der Waals surface area (Å²) in [4.78, 5) is 4.48. The lowest BCUT2D eigenvalue weighted by molar-refractivity contribution is 0.0406. The van der Waals surface area contributed by atoms with Crippen LogP contribution in [-0.2, 0) is 11.3 Å². The van der Waals surface area contributed by atoms with Crippen molar-refractivity contribution in [3.8, 4) is 11.5 Å². The van der Waals surface area contributed by atoms with Crippen molar-refractivity contribution in [2.45, 2.75) is 51.4 Å². The Kier molecular flexibility index (Phi) is 8.83. The molecule has 0 aromatic heterocycles. The summed E-state index contributed by atoms with van der Waals surface area (Å²) in [7, 11) is 5.81. The summed E-state index contributed by atoms with van der Waals surface area (Å²) in [6.07, 6.45) is 1.62. The van der Waals surface area contributed by atoms with E-state index in [1.807, 2.05) is 19.2 Å². The lowest BCUT2D eigenvalue weighted by Crippen LogP contribution is -2.37. The monoisotopic (exact) mass is 380 g/mol. The van der Waals surface area contributed by atoms with Crippen LogP contribution >= 0.6 is 0 Å². The Bertz CT molecular complexity index is 561. The van der Waals surface area contributed by atoms with Crippen molar-refractivity contribution in [1.82, 2.24) is 9.80 Å². The number of ether oxygens (including phenoxy) is 3. The van der Waals surface area contributed by atoms with Gasteiger partial charge in [-0.05, 0) is 58.5 Å². The van der Waals surface area contributed by atoms with Gasteiger partial charge in [0, 0.05) is 38.4 Å². The van der Waals surface area contributed by atoms with Gasteiger partial charge in [0.15, 0.2) is 11.5 Å². The SMILES string of the molecule is COc1cc(CN(C)C2CCOCC2)ccc1OCC(O)CN(C)C(C)C. The average Bonchev–Trinajstić information content (AvgIpc) is 2.67. The third kappa shape index (κ3) is 6.96. The Morgan fingerprint density at radius 2 is 1.89 bits per heavy atom. The van der Waals surface area contributed by atoms with Crippen LogP contribution < -0.4 is 9.47 Å². The van der Waals surface area contributed by atoms with E-state index >= 15 is 0 Å². The first-order chi connectivity index (χ1) is 12.9. The van der Waals surface area contributed by atoms with E-state index in [1.165, 1.54) is 5.56 Å². The van der Waals surface area contributed by atoms with E-state index in [4.69, 9.17) is 14.2 Å². The molecule has 1 fully saturated rings. The van der Waals surface area contributed by atoms with Gasteiger partial charge >= 0.3 is 0 Å². The minimum atomic E-state index is -0.540. The molecule has 1 aromatic carbocycles. The first kappa shape index (κ1) is 22.0. The Labute approximate surface area is 164 Å². The topological polar surface area (TPSA) is 54.4 Å². The molecule has 2 rings (SSSR count). The first-order valence-electron chi connectivity index (χ1n) is 9.86. The Morgan fingerprint density at radius 3 is 2.52 bits per heavy atom. The lowest BCUT2D eigenvalue weighted by atomic mass is 10.1. The summed E-state index contributed by atoms with van der Waals surface area (Å²) >= 11 is 0. The summed E-state index contributed by atoms with van der Waals surface area (Å²) in [5, 5.41) is 10.2. The molecule has 0 saturated carbocycles. The van der Waals surface area contributed by atoms with E-state index in [0.29, 0.717) is 30.1 Å². The first-order valence-corrected chi connectivity index (χ1v) is 9.86. The van der Waals surface area contributed by atoms with Crippen molar-refractivity contribution in [3.05, 3.63) is 23.8 Å². The molecule has 1 aliphatic heterocycles. The largest absolute Gasteiger partial charge is 0.493 e. The minimum Gasteiger partial charge on any atom is -0.493 e. The van der Waals surface area contributed by atoms with Gasteiger partial charge in [-0.25, -0.2) is 0 Å². The molecule has 1 heterocycles. The van der Waals surface area contributed by atoms with Crippen molar-refractivity contribution in [2.24, 2.45) is 0 Å². The number of hydrogen-bond acceptors (Lipinski definition) is 6. The summed E-state index contributed by atoms with van der Waals surface area (Å²) < 4.78 is 16.8. The second kappa shape index (κ2) is 10.9. The molecule has 6 heteroatoms. The van der Waals surface area contributed by atoms with E-state index in [2.05, 4.69) is 36.8 Å². The second-order valence-corrected chi connectivity index (χ2v) is 7.74. The number of aliphatic hydroxyl groups is 1. The highest BCUT2D eigenvalue weighted by Gasteiger charge is 2.19. The van der Waals surface area contributed by atoms with Gasteiger partial charge in [-0.1, -0.05) is 6.07 Å². The predicted molar refractivity (Wildman–Crippen MR) is 108 cm³/mol. The molecular weight excluding hydrogens is 344 g/mol. The number of methoxy groups -OCH3 is 1. The third-order valence-electron chi connectivity index (χ3n) is 5.29. The van der Waals surface area contributed by atoms with Crippen LogP contribution in [-0.4, -0.2) is 80.7 Å². The molecule has 0 bridgehead atoms. The zero-order chi connectivity index (χ0) is 19.8. The predicted octanol–water partition coefficient (Wildman–Crippen LogP) is 2.39. The van der Waals surface area contributed by atoms with E-state index in [-0.39, 0.29) is 6.61 Å². The zero-order valence-electron chi connectivity index (χ0n) is 17.5. The molecule has 1 aromatic rings. The van der Waals surface area contributed by atoms with Crippen LogP contribution in [0, 0.1) is 0 Å². The van der Waals surface area contributed by atoms with Gasteiger partial charge in [-0.2, -0.15) is 0 Å². The lowest BCUT2D eigenvalue weighted by Gasteiger charge is -2.31. The molecule has 0 radical (unpaired) electrons. The molecule has 1 saturated heterocycles. The Morgan fingerprint density at radius 1 is 1.19 bits per heavy atom. The highest BCUT2D eigenvalue weighted by atomic mass is 16.5. The van der Waals surface area contributed by atoms with Crippen molar-refractivity contribution in [3.63, 3.8) is 0 Å². The van der Waals surface area contributed by atoms with E-state index in [1.54, 1.807) is 7.11 Å². The van der Waals surface area contributed by atoms with E-state index in [0.717, 1.165) is 32.6 Å². The van der Waals surface area contributed by atoms with Gasteiger partial charge in [0.1, 0.15) is 12.7 Å². The van der Waals surface area contributed by atoms with Crippen LogP contribution in [0.2, 0.25) is 0 Å². The number of benzene rings is 1. The molecule has 1 atom stereocenters. The fraction of sp³-hybridized carbons (Fsp3) is 0.714. The van der Waals surface area contributed by atoms with E-state index < -0.39 is 6.10 Å². The van der Waals surface area contributed by atoms with Gasteiger partial charge in [-0.3, -0.25) is 4.90 Å². The van der Waals surface area contributed by atoms with E-state index in [9.17, 15) is 5.11 Å². The van der Waals surface area contributed by atoms with Gasteiger partial charge < -0.3 is 24.2 Å². The summed E-state index contributed by atoms with van der Waals surface area (Å²) in [5.74, 6) is 1.37. The van der Waals surface area contributed by atoms with Crippen molar-refractivity contribution >= 4 is 0 Å². The standard InChI is InChI=1S/C21H36N2O4/c1-16(2)22(3)14-19(24)15-27-20-7-6-17(12-21(20)25-5)13-23(4)18-8-10-26-11-9-18/h6-7,12,16,18-19,24H,8-11,13-15H2,1-5H3. The van der Waals surface area contributed by atoms with Crippen LogP contribution in [0.15, 0.2) is 18.2 Å². The van der Waals surface area contributed by atoms with Crippen LogP contribution in [0.3, 0.4) is 0 Å².